The first-order valence-corrected chi connectivity index (χ1v) is 5.69. The molecule has 1 atom stereocenters. The van der Waals surface area contributed by atoms with Gasteiger partial charge in [-0.1, -0.05) is 18.2 Å². The van der Waals surface area contributed by atoms with E-state index >= 15 is 0 Å². The van der Waals surface area contributed by atoms with E-state index in [1.165, 1.54) is 0 Å². The van der Waals surface area contributed by atoms with Crippen LogP contribution in [0.4, 0.5) is 0 Å². The summed E-state index contributed by atoms with van der Waals surface area (Å²) in [7, 11) is 0. The van der Waals surface area contributed by atoms with E-state index in [9.17, 15) is 9.59 Å². The van der Waals surface area contributed by atoms with Gasteiger partial charge in [0.15, 0.2) is 0 Å². The maximum Gasteiger partial charge on any atom is 0.347 e. The quantitative estimate of drug-likeness (QED) is 0.817. The molecule has 1 fully saturated rings. The Morgan fingerprint density at radius 3 is 3.00 bits per heavy atom. The molecule has 1 saturated heterocycles. The third-order valence-corrected chi connectivity index (χ3v) is 2.95. The predicted molar refractivity (Wildman–Crippen MR) is 63.1 cm³/mol. The predicted octanol–water partition coefficient (Wildman–Crippen LogP) is 1.64. The summed E-state index contributed by atoms with van der Waals surface area (Å²) in [5.74, 6) is -0.973. The van der Waals surface area contributed by atoms with Crippen LogP contribution in [0.15, 0.2) is 30.5 Å². The smallest absolute Gasteiger partial charge is 0.347 e. The van der Waals surface area contributed by atoms with Crippen molar-refractivity contribution in [3.63, 3.8) is 0 Å². The van der Waals surface area contributed by atoms with Gasteiger partial charge in [-0.05, 0) is 6.07 Å². The molecule has 1 N–H and O–H groups in total. The molecule has 1 aliphatic rings. The zero-order valence-corrected chi connectivity index (χ0v) is 9.51. The maximum atomic E-state index is 12.0. The lowest BCUT2D eigenvalue weighted by molar-refractivity contribution is -0.145. The van der Waals surface area contributed by atoms with Crippen LogP contribution < -0.4 is 0 Å². The van der Waals surface area contributed by atoms with Gasteiger partial charge in [0, 0.05) is 23.5 Å². The molecule has 0 radical (unpaired) electrons. The van der Waals surface area contributed by atoms with E-state index in [2.05, 4.69) is 4.98 Å². The van der Waals surface area contributed by atoms with Crippen molar-refractivity contribution in [3.05, 3.63) is 36.0 Å². The van der Waals surface area contributed by atoms with Crippen molar-refractivity contribution in [2.75, 3.05) is 6.61 Å². The van der Waals surface area contributed by atoms with Crippen LogP contribution in [0, 0.1) is 0 Å². The van der Waals surface area contributed by atoms with Crippen LogP contribution in [0.3, 0.4) is 0 Å². The molecule has 3 rings (SSSR count). The number of hydrogen-bond donors (Lipinski definition) is 1. The summed E-state index contributed by atoms with van der Waals surface area (Å²) in [6.45, 7) is 0.310. The third-order valence-electron chi connectivity index (χ3n) is 2.95. The molecule has 5 nitrogen and oxygen atoms in total. The Balaban J connectivity index is 1.86. The standard InChI is InChI=1S/C13H11NO4/c15-12(18-11-5-6-17-13(11)16)9-7-14-10-4-2-1-3-8(9)10/h1-4,7,11,14H,5-6H2/t11-/m1/s1. The SMILES string of the molecule is O=C(O[C@@H]1CCOC1=O)c1c[nH]c2ccccc12. The van der Waals surface area contributed by atoms with Crippen molar-refractivity contribution in [2.24, 2.45) is 0 Å². The summed E-state index contributed by atoms with van der Waals surface area (Å²) < 4.78 is 9.89. The molecule has 0 saturated carbocycles. The lowest BCUT2D eigenvalue weighted by atomic mass is 10.2. The van der Waals surface area contributed by atoms with Gasteiger partial charge < -0.3 is 14.5 Å². The Hall–Kier alpha value is -2.30. The number of cyclic esters (lactones) is 1. The molecular formula is C13H11NO4. The first-order chi connectivity index (χ1) is 8.75. The summed E-state index contributed by atoms with van der Waals surface area (Å²) in [5.41, 5.74) is 1.30. The lowest BCUT2D eigenvalue weighted by Gasteiger charge is -2.07. The first kappa shape index (κ1) is 10.8. The zero-order valence-electron chi connectivity index (χ0n) is 9.51. The highest BCUT2D eigenvalue weighted by Crippen LogP contribution is 2.20. The number of H-pyrrole nitrogens is 1. The second kappa shape index (κ2) is 4.18. The lowest BCUT2D eigenvalue weighted by Crippen LogP contribution is -2.22. The van der Waals surface area contributed by atoms with Gasteiger partial charge >= 0.3 is 11.9 Å². The molecule has 0 aliphatic carbocycles. The van der Waals surface area contributed by atoms with Crippen LogP contribution in [0.2, 0.25) is 0 Å². The summed E-state index contributed by atoms with van der Waals surface area (Å²) >= 11 is 0. The van der Waals surface area contributed by atoms with E-state index in [1.54, 1.807) is 6.20 Å². The third kappa shape index (κ3) is 1.73. The fourth-order valence-corrected chi connectivity index (χ4v) is 2.02. The molecule has 0 amide bonds. The van der Waals surface area contributed by atoms with Gasteiger partial charge in [0.1, 0.15) is 0 Å². The Morgan fingerprint density at radius 2 is 2.22 bits per heavy atom. The van der Waals surface area contributed by atoms with Gasteiger partial charge in [0.05, 0.1) is 12.2 Å². The summed E-state index contributed by atoms with van der Waals surface area (Å²) in [6.07, 6.45) is 1.24. The van der Waals surface area contributed by atoms with Crippen molar-refractivity contribution in [3.8, 4) is 0 Å². The molecule has 0 bridgehead atoms. The number of nitrogens with one attached hydrogen (secondary N) is 1. The van der Waals surface area contributed by atoms with Crippen LogP contribution in [-0.2, 0) is 14.3 Å². The van der Waals surface area contributed by atoms with Crippen molar-refractivity contribution >= 4 is 22.8 Å². The molecular weight excluding hydrogens is 234 g/mol. The molecule has 5 heteroatoms. The average molecular weight is 245 g/mol. The highest BCUT2D eigenvalue weighted by atomic mass is 16.6. The molecule has 1 aliphatic heterocycles. The first-order valence-electron chi connectivity index (χ1n) is 5.69. The minimum Gasteiger partial charge on any atom is -0.463 e. The number of carbonyl (C=O) groups is 2. The van der Waals surface area contributed by atoms with Gasteiger partial charge in [-0.2, -0.15) is 0 Å². The molecule has 18 heavy (non-hydrogen) atoms. The van der Waals surface area contributed by atoms with Gasteiger partial charge in [-0.15, -0.1) is 0 Å². The van der Waals surface area contributed by atoms with Crippen LogP contribution in [-0.4, -0.2) is 29.6 Å². The van der Waals surface area contributed by atoms with Crippen molar-refractivity contribution in [1.82, 2.24) is 4.98 Å². The number of carbonyl (C=O) groups excluding carboxylic acids is 2. The Morgan fingerprint density at radius 1 is 1.39 bits per heavy atom. The number of esters is 2. The zero-order chi connectivity index (χ0) is 12.5. The van der Waals surface area contributed by atoms with E-state index in [-0.39, 0.29) is 0 Å². The minimum atomic E-state index is -0.772. The Bertz CT molecular complexity index is 616. The molecule has 0 unspecified atom stereocenters. The highest BCUT2D eigenvalue weighted by molar-refractivity contribution is 6.04. The number of ether oxygens (including phenoxy) is 2. The molecule has 92 valence electrons. The molecule has 1 aromatic heterocycles. The topological polar surface area (TPSA) is 68.4 Å². The van der Waals surface area contributed by atoms with E-state index in [1.807, 2.05) is 24.3 Å². The summed E-state index contributed by atoms with van der Waals surface area (Å²) in [4.78, 5) is 26.2. The second-order valence-electron chi connectivity index (χ2n) is 4.10. The number of hydrogen-bond acceptors (Lipinski definition) is 4. The average Bonchev–Trinajstić information content (AvgIpc) is 2.96. The van der Waals surface area contributed by atoms with Crippen molar-refractivity contribution in [2.45, 2.75) is 12.5 Å². The Labute approximate surface area is 103 Å². The van der Waals surface area contributed by atoms with E-state index in [0.29, 0.717) is 18.6 Å². The maximum absolute atomic E-state index is 12.0. The molecule has 2 heterocycles. The molecule has 0 spiro atoms. The number of fused-ring (bicyclic) bond motifs is 1. The van der Waals surface area contributed by atoms with Crippen LogP contribution >= 0.6 is 0 Å². The van der Waals surface area contributed by atoms with Crippen LogP contribution in [0.1, 0.15) is 16.8 Å². The van der Waals surface area contributed by atoms with Crippen molar-refractivity contribution in [1.29, 1.82) is 0 Å². The molecule has 2 aromatic rings. The fourth-order valence-electron chi connectivity index (χ4n) is 2.02. The number of rotatable bonds is 2. The van der Waals surface area contributed by atoms with Crippen LogP contribution in [0.5, 0.6) is 0 Å². The van der Waals surface area contributed by atoms with Crippen LogP contribution in [0.25, 0.3) is 10.9 Å². The minimum absolute atomic E-state index is 0.310. The van der Waals surface area contributed by atoms with E-state index in [0.717, 1.165) is 10.9 Å². The van der Waals surface area contributed by atoms with E-state index in [4.69, 9.17) is 9.47 Å². The number of benzene rings is 1. The largest absolute Gasteiger partial charge is 0.463 e. The summed E-state index contributed by atoms with van der Waals surface area (Å²) in [5, 5.41) is 0.786. The molecule has 1 aromatic carbocycles. The number of para-hydroxylation sites is 1. The van der Waals surface area contributed by atoms with Gasteiger partial charge in [-0.3, -0.25) is 0 Å². The number of aromatic amines is 1. The van der Waals surface area contributed by atoms with Gasteiger partial charge in [0.2, 0.25) is 6.10 Å². The monoisotopic (exact) mass is 245 g/mol. The van der Waals surface area contributed by atoms with E-state index < -0.39 is 18.0 Å². The normalized spacial score (nSPS) is 18.9. The fraction of sp³-hybridized carbons (Fsp3) is 0.231. The number of aromatic nitrogens is 1. The van der Waals surface area contributed by atoms with Gasteiger partial charge in [-0.25, -0.2) is 9.59 Å². The summed E-state index contributed by atoms with van der Waals surface area (Å²) in [6, 6.07) is 7.42. The van der Waals surface area contributed by atoms with Gasteiger partial charge in [0.25, 0.3) is 0 Å². The highest BCUT2D eigenvalue weighted by Gasteiger charge is 2.31. The second-order valence-corrected chi connectivity index (χ2v) is 4.10. The van der Waals surface area contributed by atoms with Crippen molar-refractivity contribution < 1.29 is 19.1 Å². The Kier molecular flexibility index (Phi) is 2.51.